The molecule has 14 heavy (non-hydrogen) atoms. The first kappa shape index (κ1) is 9.01. The van der Waals surface area contributed by atoms with Crippen molar-refractivity contribution < 1.29 is 19.4 Å². The lowest BCUT2D eigenvalue weighted by atomic mass is 10.3. The van der Waals surface area contributed by atoms with Crippen molar-refractivity contribution in [2.75, 3.05) is 11.5 Å². The van der Waals surface area contributed by atoms with E-state index in [-0.39, 0.29) is 6.61 Å². The van der Waals surface area contributed by atoms with Crippen molar-refractivity contribution in [2.24, 2.45) is 0 Å². The van der Waals surface area contributed by atoms with E-state index < -0.39 is 18.1 Å². The molecule has 0 radical (unpaired) electrons. The van der Waals surface area contributed by atoms with Crippen LogP contribution in [0, 0.1) is 0 Å². The van der Waals surface area contributed by atoms with E-state index in [0.29, 0.717) is 5.00 Å². The molecule has 2 rings (SSSR count). The van der Waals surface area contributed by atoms with E-state index in [1.807, 2.05) is 0 Å². The maximum Gasteiger partial charge on any atom is 0.415 e. The van der Waals surface area contributed by atoms with Gasteiger partial charge in [0.2, 0.25) is 0 Å². The predicted octanol–water partition coefficient (Wildman–Crippen LogP) is 1.16. The summed E-state index contributed by atoms with van der Waals surface area (Å²) in [6, 6.07) is 2.54. The Morgan fingerprint density at radius 2 is 2.50 bits per heavy atom. The van der Waals surface area contributed by atoms with E-state index in [4.69, 9.17) is 5.11 Å². The molecule has 6 heteroatoms. The summed E-state index contributed by atoms with van der Waals surface area (Å²) in [5.41, 5.74) is 0. The number of nitrogens with zero attached hydrogens (tertiary/aromatic N) is 1. The van der Waals surface area contributed by atoms with Crippen LogP contribution in [0.1, 0.15) is 0 Å². The third-order valence-corrected chi connectivity index (χ3v) is 2.77. The molecule has 74 valence electrons. The molecule has 1 atom stereocenters. The van der Waals surface area contributed by atoms with Crippen molar-refractivity contribution in [3.63, 3.8) is 0 Å². The highest BCUT2D eigenvalue weighted by Crippen LogP contribution is 2.27. The zero-order valence-corrected chi connectivity index (χ0v) is 7.86. The molecular weight excluding hydrogens is 206 g/mol. The number of amides is 1. The van der Waals surface area contributed by atoms with E-state index in [2.05, 4.69) is 4.74 Å². The first-order valence-electron chi connectivity index (χ1n) is 3.92. The second-order valence-electron chi connectivity index (χ2n) is 2.75. The molecule has 1 aliphatic heterocycles. The molecule has 0 bridgehead atoms. The molecule has 1 aromatic rings. The summed E-state index contributed by atoms with van der Waals surface area (Å²) in [4.78, 5) is 23.2. The largest absolute Gasteiger partial charge is 0.480 e. The molecule has 1 fully saturated rings. The first-order valence-corrected chi connectivity index (χ1v) is 4.80. The van der Waals surface area contributed by atoms with Gasteiger partial charge in [0.25, 0.3) is 0 Å². The van der Waals surface area contributed by atoms with Gasteiger partial charge in [-0.15, -0.1) is 11.3 Å². The molecule has 1 aromatic heterocycles. The Bertz CT molecular complexity index is 361. The molecular formula is C8H7NO4S. The van der Waals surface area contributed by atoms with Gasteiger partial charge in [0.15, 0.2) is 6.04 Å². The van der Waals surface area contributed by atoms with Gasteiger partial charge in [0.1, 0.15) is 11.6 Å². The number of rotatable bonds is 2. The van der Waals surface area contributed by atoms with Crippen LogP contribution < -0.4 is 4.90 Å². The van der Waals surface area contributed by atoms with E-state index in [1.165, 1.54) is 11.3 Å². The molecule has 1 saturated heterocycles. The van der Waals surface area contributed by atoms with Gasteiger partial charge in [-0.3, -0.25) is 4.90 Å². The lowest BCUT2D eigenvalue weighted by Gasteiger charge is -2.15. The minimum Gasteiger partial charge on any atom is -0.480 e. The van der Waals surface area contributed by atoms with Crippen molar-refractivity contribution in [3.05, 3.63) is 17.5 Å². The summed E-state index contributed by atoms with van der Waals surface area (Å²) in [6.45, 7) is -0.0912. The van der Waals surface area contributed by atoms with Gasteiger partial charge in [0, 0.05) is 0 Å². The lowest BCUT2D eigenvalue weighted by molar-refractivity contribution is -0.138. The normalized spacial score (nSPS) is 21.0. The van der Waals surface area contributed by atoms with Gasteiger partial charge in [-0.25, -0.2) is 9.59 Å². The smallest absolute Gasteiger partial charge is 0.415 e. The fraction of sp³-hybridized carbons (Fsp3) is 0.250. The number of ether oxygens (including phenoxy) is 1. The summed E-state index contributed by atoms with van der Waals surface area (Å²) < 4.78 is 4.68. The topological polar surface area (TPSA) is 66.8 Å². The van der Waals surface area contributed by atoms with Crippen molar-refractivity contribution in [2.45, 2.75) is 6.04 Å². The van der Waals surface area contributed by atoms with Crippen LogP contribution in [0.5, 0.6) is 0 Å². The van der Waals surface area contributed by atoms with Crippen LogP contribution in [0.2, 0.25) is 0 Å². The average molecular weight is 213 g/mol. The maximum absolute atomic E-state index is 11.2. The highest BCUT2D eigenvalue weighted by molar-refractivity contribution is 7.14. The van der Waals surface area contributed by atoms with Crippen LogP contribution in [0.3, 0.4) is 0 Å². The van der Waals surface area contributed by atoms with E-state index >= 15 is 0 Å². The summed E-state index contributed by atoms with van der Waals surface area (Å²) >= 11 is 1.31. The Hall–Kier alpha value is -1.56. The Labute approximate surface area is 83.5 Å². The summed E-state index contributed by atoms with van der Waals surface area (Å²) in [6.07, 6.45) is -0.597. The third kappa shape index (κ3) is 1.33. The number of carboxylic acid groups (broad SMARTS) is 1. The molecule has 1 aliphatic rings. The summed E-state index contributed by atoms with van der Waals surface area (Å²) in [5, 5.41) is 11.2. The third-order valence-electron chi connectivity index (χ3n) is 1.90. The van der Waals surface area contributed by atoms with Crippen LogP contribution in [0.15, 0.2) is 17.5 Å². The van der Waals surface area contributed by atoms with Gasteiger partial charge in [0.05, 0.1) is 0 Å². The number of hydrogen-bond acceptors (Lipinski definition) is 4. The number of anilines is 1. The Kier molecular flexibility index (Phi) is 2.12. The molecule has 1 amide bonds. The molecule has 1 N–H and O–H groups in total. The quantitative estimate of drug-likeness (QED) is 0.800. The number of aliphatic carboxylic acids is 1. The summed E-state index contributed by atoms with van der Waals surface area (Å²) in [7, 11) is 0. The number of thiophene rings is 1. The monoisotopic (exact) mass is 213 g/mol. The Morgan fingerprint density at radius 1 is 1.71 bits per heavy atom. The lowest BCUT2D eigenvalue weighted by Crippen LogP contribution is -2.38. The molecule has 2 heterocycles. The van der Waals surface area contributed by atoms with Crippen molar-refractivity contribution in [1.29, 1.82) is 0 Å². The molecule has 5 nitrogen and oxygen atoms in total. The van der Waals surface area contributed by atoms with Crippen LogP contribution >= 0.6 is 11.3 Å². The van der Waals surface area contributed by atoms with Crippen molar-refractivity contribution >= 4 is 28.4 Å². The van der Waals surface area contributed by atoms with Crippen LogP contribution in [0.25, 0.3) is 0 Å². The van der Waals surface area contributed by atoms with Crippen molar-refractivity contribution in [1.82, 2.24) is 0 Å². The van der Waals surface area contributed by atoms with E-state index in [9.17, 15) is 9.59 Å². The average Bonchev–Trinajstić information content (AvgIpc) is 2.71. The van der Waals surface area contributed by atoms with Gasteiger partial charge >= 0.3 is 12.1 Å². The van der Waals surface area contributed by atoms with Crippen LogP contribution in [0.4, 0.5) is 9.80 Å². The second-order valence-corrected chi connectivity index (χ2v) is 3.68. The number of hydrogen-bond donors (Lipinski definition) is 1. The standard InChI is InChI=1S/C8H7NO4S/c10-7(11)5-4-13-8(12)9(5)6-2-1-3-14-6/h1-3,5H,4H2,(H,10,11). The fourth-order valence-corrected chi connectivity index (χ4v) is 2.02. The number of cyclic esters (lactones) is 1. The van der Waals surface area contributed by atoms with Gasteiger partial charge in [-0.1, -0.05) is 0 Å². The zero-order valence-electron chi connectivity index (χ0n) is 7.04. The highest BCUT2D eigenvalue weighted by Gasteiger charge is 2.39. The molecule has 1 unspecified atom stereocenters. The van der Waals surface area contributed by atoms with Gasteiger partial charge < -0.3 is 9.84 Å². The van der Waals surface area contributed by atoms with Crippen LogP contribution in [-0.2, 0) is 9.53 Å². The summed E-state index contributed by atoms with van der Waals surface area (Å²) in [5.74, 6) is -1.05. The fourth-order valence-electron chi connectivity index (χ4n) is 1.25. The zero-order chi connectivity index (χ0) is 10.1. The predicted molar refractivity (Wildman–Crippen MR) is 49.6 cm³/mol. The first-order chi connectivity index (χ1) is 6.70. The Morgan fingerprint density at radius 3 is 3.07 bits per heavy atom. The van der Waals surface area contributed by atoms with Gasteiger partial charge in [-0.2, -0.15) is 0 Å². The molecule has 0 aliphatic carbocycles. The molecule has 0 spiro atoms. The maximum atomic E-state index is 11.2. The minimum atomic E-state index is -1.05. The minimum absolute atomic E-state index is 0.0912. The SMILES string of the molecule is O=C(O)C1COC(=O)N1c1cccs1. The van der Waals surface area contributed by atoms with Crippen molar-refractivity contribution in [3.8, 4) is 0 Å². The van der Waals surface area contributed by atoms with E-state index in [0.717, 1.165) is 4.90 Å². The number of carboxylic acids is 1. The van der Waals surface area contributed by atoms with Crippen LogP contribution in [-0.4, -0.2) is 29.8 Å². The number of carbonyl (C=O) groups excluding carboxylic acids is 1. The van der Waals surface area contributed by atoms with E-state index in [1.54, 1.807) is 17.5 Å². The number of carbonyl (C=O) groups is 2. The highest BCUT2D eigenvalue weighted by atomic mass is 32.1. The molecule has 0 saturated carbocycles. The van der Waals surface area contributed by atoms with Gasteiger partial charge in [-0.05, 0) is 17.5 Å². The molecule has 0 aromatic carbocycles. The Balaban J connectivity index is 2.31. The second kappa shape index (κ2) is 3.30.